The maximum Gasteiger partial charge on any atom is 0.401 e. The highest BCUT2D eigenvalue weighted by Crippen LogP contribution is 2.16. The highest BCUT2D eigenvalue weighted by Gasteiger charge is 2.26. The lowest BCUT2D eigenvalue weighted by Crippen LogP contribution is -2.35. The van der Waals surface area contributed by atoms with E-state index in [0.717, 1.165) is 0 Å². The molecule has 110 valence electrons. The fourth-order valence-electron chi connectivity index (χ4n) is 1.47. The molecule has 0 saturated carbocycles. The number of anilines is 1. The van der Waals surface area contributed by atoms with E-state index in [4.69, 9.17) is 5.73 Å². The zero-order valence-corrected chi connectivity index (χ0v) is 10.7. The number of aryl methyl sites for hydroxylation is 1. The number of primary amides is 1. The van der Waals surface area contributed by atoms with E-state index in [1.54, 1.807) is 6.92 Å². The second-order valence-electron chi connectivity index (χ2n) is 4.16. The average molecular weight is 289 g/mol. The van der Waals surface area contributed by atoms with Crippen molar-refractivity contribution in [3.8, 4) is 0 Å². The van der Waals surface area contributed by atoms with Crippen molar-refractivity contribution < 1.29 is 22.8 Å². The van der Waals surface area contributed by atoms with Crippen LogP contribution in [0.15, 0.2) is 18.2 Å². The second-order valence-corrected chi connectivity index (χ2v) is 4.16. The van der Waals surface area contributed by atoms with Gasteiger partial charge in [-0.1, -0.05) is 0 Å². The second kappa shape index (κ2) is 6.38. The van der Waals surface area contributed by atoms with E-state index >= 15 is 0 Å². The van der Waals surface area contributed by atoms with Gasteiger partial charge in [0.05, 0.1) is 13.1 Å². The van der Waals surface area contributed by atoms with Gasteiger partial charge >= 0.3 is 6.18 Å². The standard InChI is InChI=1S/C12H14F3N3O2/c1-7-4-8(11(16)20)2-3-9(7)18-10(19)5-17-6-12(13,14)15/h2-4,17H,5-6H2,1H3,(H2,16,20)(H,18,19). The summed E-state index contributed by atoms with van der Waals surface area (Å²) in [6.45, 7) is -0.0538. The van der Waals surface area contributed by atoms with Crippen molar-refractivity contribution in [2.75, 3.05) is 18.4 Å². The van der Waals surface area contributed by atoms with Crippen LogP contribution in [0.25, 0.3) is 0 Å². The number of carbonyl (C=O) groups is 2. The van der Waals surface area contributed by atoms with Crippen molar-refractivity contribution in [3.05, 3.63) is 29.3 Å². The Balaban J connectivity index is 2.56. The number of nitrogens with two attached hydrogens (primary N) is 1. The van der Waals surface area contributed by atoms with Crippen LogP contribution in [0.5, 0.6) is 0 Å². The van der Waals surface area contributed by atoms with Gasteiger partial charge in [-0.25, -0.2) is 0 Å². The molecule has 0 aliphatic heterocycles. The highest BCUT2D eigenvalue weighted by atomic mass is 19.4. The molecule has 0 aliphatic carbocycles. The van der Waals surface area contributed by atoms with Crippen LogP contribution in [-0.4, -0.2) is 31.1 Å². The van der Waals surface area contributed by atoms with Gasteiger partial charge in [-0.05, 0) is 30.7 Å². The zero-order chi connectivity index (χ0) is 15.3. The van der Waals surface area contributed by atoms with Crippen molar-refractivity contribution in [1.29, 1.82) is 0 Å². The Morgan fingerprint density at radius 1 is 1.30 bits per heavy atom. The molecule has 1 rings (SSSR count). The molecule has 1 aromatic carbocycles. The van der Waals surface area contributed by atoms with Crippen molar-refractivity contribution in [3.63, 3.8) is 0 Å². The predicted molar refractivity (Wildman–Crippen MR) is 67.3 cm³/mol. The van der Waals surface area contributed by atoms with Gasteiger partial charge in [0, 0.05) is 11.3 Å². The van der Waals surface area contributed by atoms with E-state index in [1.807, 2.05) is 5.32 Å². The summed E-state index contributed by atoms with van der Waals surface area (Å²) < 4.78 is 35.6. The lowest BCUT2D eigenvalue weighted by atomic mass is 10.1. The van der Waals surface area contributed by atoms with Crippen molar-refractivity contribution >= 4 is 17.5 Å². The molecule has 1 aromatic rings. The van der Waals surface area contributed by atoms with Crippen LogP contribution in [0.3, 0.4) is 0 Å². The first-order chi connectivity index (χ1) is 9.19. The summed E-state index contributed by atoms with van der Waals surface area (Å²) in [4.78, 5) is 22.4. The van der Waals surface area contributed by atoms with Gasteiger partial charge in [-0.15, -0.1) is 0 Å². The minimum atomic E-state index is -4.36. The summed E-state index contributed by atoms with van der Waals surface area (Å²) >= 11 is 0. The van der Waals surface area contributed by atoms with Crippen LogP contribution in [0.4, 0.5) is 18.9 Å². The number of benzene rings is 1. The molecule has 5 nitrogen and oxygen atoms in total. The van der Waals surface area contributed by atoms with Crippen LogP contribution in [-0.2, 0) is 4.79 Å². The van der Waals surface area contributed by atoms with Gasteiger partial charge in [0.2, 0.25) is 11.8 Å². The van der Waals surface area contributed by atoms with Crippen LogP contribution >= 0.6 is 0 Å². The van der Waals surface area contributed by atoms with E-state index in [-0.39, 0.29) is 5.56 Å². The first-order valence-electron chi connectivity index (χ1n) is 5.67. The quantitative estimate of drug-likeness (QED) is 0.761. The molecule has 20 heavy (non-hydrogen) atoms. The van der Waals surface area contributed by atoms with E-state index in [1.165, 1.54) is 18.2 Å². The van der Waals surface area contributed by atoms with Crippen LogP contribution in [0.2, 0.25) is 0 Å². The minimum Gasteiger partial charge on any atom is -0.366 e. The number of halogens is 3. The van der Waals surface area contributed by atoms with E-state index < -0.39 is 31.1 Å². The molecule has 0 spiro atoms. The highest BCUT2D eigenvalue weighted by molar-refractivity contribution is 5.96. The fraction of sp³-hybridized carbons (Fsp3) is 0.333. The van der Waals surface area contributed by atoms with Gasteiger partial charge in [0.25, 0.3) is 0 Å². The van der Waals surface area contributed by atoms with Crippen LogP contribution < -0.4 is 16.4 Å². The number of rotatable bonds is 5. The Labute approximate surface area is 113 Å². The molecule has 4 N–H and O–H groups in total. The van der Waals surface area contributed by atoms with Gasteiger partial charge in [0.15, 0.2) is 0 Å². The number of hydrogen-bond acceptors (Lipinski definition) is 3. The Morgan fingerprint density at radius 2 is 1.95 bits per heavy atom. The van der Waals surface area contributed by atoms with E-state index in [2.05, 4.69) is 5.32 Å². The molecule has 0 fully saturated rings. The lowest BCUT2D eigenvalue weighted by molar-refractivity contribution is -0.126. The summed E-state index contributed by atoms with van der Waals surface area (Å²) in [7, 11) is 0. The Bertz CT molecular complexity index is 515. The third-order valence-electron chi connectivity index (χ3n) is 2.40. The lowest BCUT2D eigenvalue weighted by Gasteiger charge is -2.11. The summed E-state index contributed by atoms with van der Waals surface area (Å²) in [6.07, 6.45) is -4.36. The van der Waals surface area contributed by atoms with Crippen molar-refractivity contribution in [2.24, 2.45) is 5.73 Å². The molecule has 0 aromatic heterocycles. The minimum absolute atomic E-state index is 0.288. The van der Waals surface area contributed by atoms with Gasteiger partial charge in [-0.3, -0.25) is 9.59 Å². The van der Waals surface area contributed by atoms with Gasteiger partial charge < -0.3 is 16.4 Å². The first-order valence-corrected chi connectivity index (χ1v) is 5.67. The zero-order valence-electron chi connectivity index (χ0n) is 10.7. The first kappa shape index (κ1) is 16.0. The molecule has 0 heterocycles. The van der Waals surface area contributed by atoms with Crippen molar-refractivity contribution in [1.82, 2.24) is 5.32 Å². The third-order valence-corrected chi connectivity index (χ3v) is 2.40. The molecular formula is C12H14F3N3O2. The fourth-order valence-corrected chi connectivity index (χ4v) is 1.47. The smallest absolute Gasteiger partial charge is 0.366 e. The summed E-state index contributed by atoms with van der Waals surface area (Å²) in [5.74, 6) is -1.21. The molecular weight excluding hydrogens is 275 g/mol. The SMILES string of the molecule is Cc1cc(C(N)=O)ccc1NC(=O)CNCC(F)(F)F. The van der Waals surface area contributed by atoms with Crippen LogP contribution in [0, 0.1) is 6.92 Å². The van der Waals surface area contributed by atoms with Gasteiger partial charge in [0.1, 0.15) is 0 Å². The predicted octanol–water partition coefficient (Wildman–Crippen LogP) is 1.18. The molecule has 0 unspecified atom stereocenters. The normalized spacial score (nSPS) is 11.2. The molecule has 0 saturated heterocycles. The number of carbonyl (C=O) groups excluding carboxylic acids is 2. The Kier molecular flexibility index (Phi) is 5.09. The molecule has 0 atom stereocenters. The third kappa shape index (κ3) is 5.27. The summed E-state index contributed by atoms with van der Waals surface area (Å²) in [6, 6.07) is 4.38. The van der Waals surface area contributed by atoms with E-state index in [0.29, 0.717) is 11.3 Å². The number of hydrogen-bond donors (Lipinski definition) is 3. The summed E-state index contributed by atoms with van der Waals surface area (Å²) in [5, 5.41) is 4.42. The molecule has 8 heteroatoms. The largest absolute Gasteiger partial charge is 0.401 e. The van der Waals surface area contributed by atoms with Gasteiger partial charge in [-0.2, -0.15) is 13.2 Å². The van der Waals surface area contributed by atoms with Crippen LogP contribution in [0.1, 0.15) is 15.9 Å². The molecule has 0 bridgehead atoms. The number of alkyl halides is 3. The Hall–Kier alpha value is -2.09. The topological polar surface area (TPSA) is 84.2 Å². The maximum atomic E-state index is 11.9. The average Bonchev–Trinajstić information content (AvgIpc) is 2.29. The molecule has 2 amide bonds. The maximum absolute atomic E-state index is 11.9. The number of amides is 2. The van der Waals surface area contributed by atoms with Crippen molar-refractivity contribution in [2.45, 2.75) is 13.1 Å². The molecule has 0 radical (unpaired) electrons. The monoisotopic (exact) mass is 289 g/mol. The Morgan fingerprint density at radius 3 is 2.45 bits per heavy atom. The van der Waals surface area contributed by atoms with E-state index in [9.17, 15) is 22.8 Å². The summed E-state index contributed by atoms with van der Waals surface area (Å²) in [5.41, 5.74) is 6.38. The molecule has 0 aliphatic rings. The number of nitrogens with one attached hydrogen (secondary N) is 2.